The van der Waals surface area contributed by atoms with Gasteiger partial charge in [0.25, 0.3) is 11.8 Å². The van der Waals surface area contributed by atoms with Crippen LogP contribution in [-0.2, 0) is 20.9 Å². The first-order chi connectivity index (χ1) is 7.66. The largest absolute Gasteiger partial charge is 0.362 e. The van der Waals surface area contributed by atoms with Crippen LogP contribution in [0.5, 0.6) is 0 Å². The Hall–Kier alpha value is -1.20. The normalized spacial score (nSPS) is 16.7. The molecule has 0 radical (unpaired) electrons. The molecule has 0 atom stereocenters. The molecule has 1 aliphatic heterocycles. The molecule has 0 bridgehead atoms. The highest BCUT2D eigenvalue weighted by Crippen LogP contribution is 2.14. The molecular weight excluding hydrogens is 274 g/mol. The van der Waals surface area contributed by atoms with Crippen LogP contribution in [0.15, 0.2) is 28.7 Å². The van der Waals surface area contributed by atoms with E-state index in [2.05, 4.69) is 15.9 Å². The molecule has 1 aromatic carbocycles. The summed E-state index contributed by atoms with van der Waals surface area (Å²) in [4.78, 5) is 24.2. The van der Waals surface area contributed by atoms with E-state index >= 15 is 0 Å². The number of nitrogens with zero attached hydrogens (tertiary/aromatic N) is 1. The minimum atomic E-state index is -0.281. The number of carbonyl (C=O) groups is 2. The highest BCUT2D eigenvalue weighted by molar-refractivity contribution is 9.10. The summed E-state index contributed by atoms with van der Waals surface area (Å²) in [5, 5.41) is 0. The van der Waals surface area contributed by atoms with Crippen LogP contribution in [0.3, 0.4) is 0 Å². The number of benzene rings is 1. The van der Waals surface area contributed by atoms with Gasteiger partial charge in [0.2, 0.25) is 0 Å². The number of halogens is 1. The van der Waals surface area contributed by atoms with Gasteiger partial charge in [-0.05, 0) is 17.7 Å². The third-order valence-electron chi connectivity index (χ3n) is 2.28. The third kappa shape index (κ3) is 2.48. The Morgan fingerprint density at radius 3 is 2.56 bits per heavy atom. The molecule has 0 aromatic heterocycles. The van der Waals surface area contributed by atoms with Crippen molar-refractivity contribution in [1.82, 2.24) is 4.90 Å². The summed E-state index contributed by atoms with van der Waals surface area (Å²) >= 11 is 3.34. The average Bonchev–Trinajstić information content (AvgIpc) is 2.24. The second kappa shape index (κ2) is 4.76. The van der Waals surface area contributed by atoms with Crippen LogP contribution in [0, 0.1) is 0 Å². The molecule has 0 aliphatic carbocycles. The predicted molar refractivity (Wildman–Crippen MR) is 60.5 cm³/mol. The zero-order valence-corrected chi connectivity index (χ0v) is 10.1. The Balaban J connectivity index is 2.13. The molecule has 2 amide bonds. The van der Waals surface area contributed by atoms with Gasteiger partial charge in [-0.3, -0.25) is 14.5 Å². The fourth-order valence-corrected chi connectivity index (χ4v) is 1.96. The minimum absolute atomic E-state index is 0.0141. The summed E-state index contributed by atoms with van der Waals surface area (Å²) in [6.07, 6.45) is 0. The highest BCUT2D eigenvalue weighted by Gasteiger charge is 2.26. The number of hydrogen-bond acceptors (Lipinski definition) is 3. The van der Waals surface area contributed by atoms with Crippen molar-refractivity contribution in [2.45, 2.75) is 6.54 Å². The van der Waals surface area contributed by atoms with Crippen molar-refractivity contribution in [3.05, 3.63) is 34.3 Å². The average molecular weight is 284 g/mol. The SMILES string of the molecule is O=C1COCC(=O)N1Cc1cccc(Br)c1. The Kier molecular flexibility index (Phi) is 3.36. The van der Waals surface area contributed by atoms with E-state index in [0.717, 1.165) is 10.0 Å². The van der Waals surface area contributed by atoms with Crippen LogP contribution in [-0.4, -0.2) is 29.9 Å². The molecule has 4 nitrogen and oxygen atoms in total. The monoisotopic (exact) mass is 283 g/mol. The van der Waals surface area contributed by atoms with E-state index in [4.69, 9.17) is 4.74 Å². The van der Waals surface area contributed by atoms with Crippen LogP contribution < -0.4 is 0 Å². The van der Waals surface area contributed by atoms with Gasteiger partial charge < -0.3 is 4.74 Å². The molecule has 0 N–H and O–H groups in total. The summed E-state index contributed by atoms with van der Waals surface area (Å²) in [5.41, 5.74) is 0.915. The second-order valence-electron chi connectivity index (χ2n) is 3.50. The van der Waals surface area contributed by atoms with Crippen molar-refractivity contribution in [2.24, 2.45) is 0 Å². The van der Waals surface area contributed by atoms with E-state index < -0.39 is 0 Å². The van der Waals surface area contributed by atoms with E-state index in [0.29, 0.717) is 6.54 Å². The number of amides is 2. The van der Waals surface area contributed by atoms with Gasteiger partial charge in [-0.25, -0.2) is 0 Å². The van der Waals surface area contributed by atoms with Gasteiger partial charge in [0, 0.05) is 4.47 Å². The molecule has 5 heteroatoms. The molecular formula is C11H10BrNO3. The molecule has 1 aromatic rings. The number of hydrogen-bond donors (Lipinski definition) is 0. The van der Waals surface area contributed by atoms with E-state index in [-0.39, 0.29) is 25.0 Å². The van der Waals surface area contributed by atoms with Gasteiger partial charge in [-0.1, -0.05) is 28.1 Å². The number of rotatable bonds is 2. The number of morpholine rings is 1. The molecule has 0 saturated carbocycles. The van der Waals surface area contributed by atoms with Gasteiger partial charge in [0.05, 0.1) is 6.54 Å². The maximum Gasteiger partial charge on any atom is 0.255 e. The molecule has 1 fully saturated rings. The summed E-state index contributed by atoms with van der Waals surface area (Å²) in [6, 6.07) is 7.53. The van der Waals surface area contributed by atoms with Crippen LogP contribution >= 0.6 is 15.9 Å². The lowest BCUT2D eigenvalue weighted by Crippen LogP contribution is -2.45. The zero-order valence-electron chi connectivity index (χ0n) is 8.48. The van der Waals surface area contributed by atoms with Gasteiger partial charge in [0.15, 0.2) is 0 Å². The van der Waals surface area contributed by atoms with E-state index in [1.165, 1.54) is 4.90 Å². The number of imide groups is 1. The van der Waals surface area contributed by atoms with Crippen LogP contribution in [0.4, 0.5) is 0 Å². The summed E-state index contributed by atoms with van der Waals surface area (Å²) in [6.45, 7) is 0.278. The fourth-order valence-electron chi connectivity index (χ4n) is 1.51. The zero-order chi connectivity index (χ0) is 11.5. The van der Waals surface area contributed by atoms with E-state index in [1.807, 2.05) is 24.3 Å². The topological polar surface area (TPSA) is 46.6 Å². The lowest BCUT2D eigenvalue weighted by Gasteiger charge is -2.24. The summed E-state index contributed by atoms with van der Waals surface area (Å²) in [7, 11) is 0. The van der Waals surface area contributed by atoms with Gasteiger partial charge in [-0.2, -0.15) is 0 Å². The molecule has 2 rings (SSSR count). The van der Waals surface area contributed by atoms with E-state index in [1.54, 1.807) is 0 Å². The van der Waals surface area contributed by atoms with Gasteiger partial charge in [0.1, 0.15) is 13.2 Å². The fraction of sp³-hybridized carbons (Fsp3) is 0.273. The first-order valence-electron chi connectivity index (χ1n) is 4.82. The number of carbonyl (C=O) groups excluding carboxylic acids is 2. The Morgan fingerprint density at radius 1 is 1.25 bits per heavy atom. The van der Waals surface area contributed by atoms with Crippen LogP contribution in [0.1, 0.15) is 5.56 Å². The van der Waals surface area contributed by atoms with Crippen molar-refractivity contribution in [2.75, 3.05) is 13.2 Å². The highest BCUT2D eigenvalue weighted by atomic mass is 79.9. The van der Waals surface area contributed by atoms with Gasteiger partial charge in [-0.15, -0.1) is 0 Å². The molecule has 0 spiro atoms. The maximum absolute atomic E-state index is 11.5. The van der Waals surface area contributed by atoms with Crippen molar-refractivity contribution in [3.8, 4) is 0 Å². The summed E-state index contributed by atoms with van der Waals surface area (Å²) < 4.78 is 5.76. The van der Waals surface area contributed by atoms with Crippen molar-refractivity contribution in [3.63, 3.8) is 0 Å². The molecule has 1 saturated heterocycles. The molecule has 16 heavy (non-hydrogen) atoms. The number of ether oxygens (including phenoxy) is 1. The smallest absolute Gasteiger partial charge is 0.255 e. The maximum atomic E-state index is 11.5. The summed E-state index contributed by atoms with van der Waals surface area (Å²) in [5.74, 6) is -0.563. The van der Waals surface area contributed by atoms with Crippen molar-refractivity contribution < 1.29 is 14.3 Å². The molecule has 1 aliphatic rings. The van der Waals surface area contributed by atoms with Crippen molar-refractivity contribution in [1.29, 1.82) is 0 Å². The molecule has 0 unspecified atom stereocenters. The first kappa shape index (κ1) is 11.3. The Labute approximate surface area is 101 Å². The standard InChI is InChI=1S/C11H10BrNO3/c12-9-3-1-2-8(4-9)5-13-10(14)6-16-7-11(13)15/h1-4H,5-7H2. The van der Waals surface area contributed by atoms with Gasteiger partial charge >= 0.3 is 0 Å². The predicted octanol–water partition coefficient (Wildman–Crippen LogP) is 1.33. The minimum Gasteiger partial charge on any atom is -0.362 e. The quantitative estimate of drug-likeness (QED) is 0.770. The van der Waals surface area contributed by atoms with Crippen LogP contribution in [0.2, 0.25) is 0 Å². The Morgan fingerprint density at radius 2 is 1.94 bits per heavy atom. The Bertz CT molecular complexity index is 417. The first-order valence-corrected chi connectivity index (χ1v) is 5.61. The second-order valence-corrected chi connectivity index (χ2v) is 4.41. The van der Waals surface area contributed by atoms with E-state index in [9.17, 15) is 9.59 Å². The lowest BCUT2D eigenvalue weighted by molar-refractivity contribution is -0.159. The lowest BCUT2D eigenvalue weighted by atomic mass is 10.2. The molecule has 84 valence electrons. The molecule has 1 heterocycles. The van der Waals surface area contributed by atoms with Crippen molar-refractivity contribution >= 4 is 27.7 Å². The van der Waals surface area contributed by atoms with Crippen LogP contribution in [0.25, 0.3) is 0 Å². The third-order valence-corrected chi connectivity index (χ3v) is 2.78.